The smallest absolute Gasteiger partial charge is 0.260 e. The first kappa shape index (κ1) is 20.1. The van der Waals surface area contributed by atoms with Gasteiger partial charge in [-0.25, -0.2) is 0 Å². The second kappa shape index (κ2) is 8.41. The van der Waals surface area contributed by atoms with Crippen LogP contribution in [0.15, 0.2) is 18.2 Å². The van der Waals surface area contributed by atoms with Crippen LogP contribution in [0.5, 0.6) is 5.75 Å². The highest BCUT2D eigenvalue weighted by Crippen LogP contribution is 2.27. The van der Waals surface area contributed by atoms with Crippen molar-refractivity contribution in [1.29, 1.82) is 0 Å². The molecule has 1 aromatic rings. The maximum Gasteiger partial charge on any atom is 0.260 e. The van der Waals surface area contributed by atoms with E-state index in [4.69, 9.17) is 4.74 Å². The molecule has 140 valence electrons. The van der Waals surface area contributed by atoms with E-state index in [9.17, 15) is 4.79 Å². The van der Waals surface area contributed by atoms with Crippen molar-refractivity contribution in [3.63, 3.8) is 0 Å². The number of hydrogen-bond donors (Lipinski definition) is 2. The lowest BCUT2D eigenvalue weighted by Crippen LogP contribution is -2.50. The van der Waals surface area contributed by atoms with Crippen molar-refractivity contribution in [1.82, 2.24) is 10.6 Å². The van der Waals surface area contributed by atoms with E-state index < -0.39 is 6.10 Å². The molecule has 2 fully saturated rings. The average molecular weight is 367 g/mol. The fourth-order valence-electron chi connectivity index (χ4n) is 4.12. The van der Waals surface area contributed by atoms with E-state index in [0.717, 1.165) is 18.6 Å². The Balaban J connectivity index is 0.00000225. The van der Waals surface area contributed by atoms with Gasteiger partial charge >= 0.3 is 0 Å². The van der Waals surface area contributed by atoms with Gasteiger partial charge in [0.15, 0.2) is 6.10 Å². The Morgan fingerprint density at radius 2 is 1.84 bits per heavy atom. The number of aryl methyl sites for hydroxylation is 1. The second-order valence-corrected chi connectivity index (χ2v) is 7.75. The van der Waals surface area contributed by atoms with Gasteiger partial charge < -0.3 is 15.4 Å². The predicted octanol–water partition coefficient (Wildman–Crippen LogP) is 3.71. The maximum absolute atomic E-state index is 12.5. The SMILES string of the molecule is Cc1cc(OC(C)C(=O)NC2CC3CCC(C2)N3)ccc1C(C)C.Cl. The fraction of sp³-hybridized carbons (Fsp3) is 0.650. The Bertz CT molecular complexity index is 593. The third-order valence-corrected chi connectivity index (χ3v) is 5.36. The minimum absolute atomic E-state index is 0. The number of carbonyl (C=O) groups excluding carboxylic acids is 1. The number of piperidine rings is 1. The van der Waals surface area contributed by atoms with Crippen LogP contribution in [0.2, 0.25) is 0 Å². The predicted molar refractivity (Wildman–Crippen MR) is 104 cm³/mol. The number of halogens is 1. The van der Waals surface area contributed by atoms with Crippen molar-refractivity contribution in [3.8, 4) is 5.75 Å². The third-order valence-electron chi connectivity index (χ3n) is 5.36. The van der Waals surface area contributed by atoms with Crippen LogP contribution in [0.25, 0.3) is 0 Å². The van der Waals surface area contributed by atoms with E-state index in [-0.39, 0.29) is 24.4 Å². The highest BCUT2D eigenvalue weighted by molar-refractivity contribution is 5.85. The summed E-state index contributed by atoms with van der Waals surface area (Å²) in [5, 5.41) is 6.78. The molecule has 2 heterocycles. The van der Waals surface area contributed by atoms with Crippen LogP contribution >= 0.6 is 12.4 Å². The summed E-state index contributed by atoms with van der Waals surface area (Å²) in [5.41, 5.74) is 2.54. The van der Waals surface area contributed by atoms with Crippen LogP contribution in [0.3, 0.4) is 0 Å². The third kappa shape index (κ3) is 4.89. The quantitative estimate of drug-likeness (QED) is 0.835. The number of rotatable bonds is 5. The van der Waals surface area contributed by atoms with E-state index in [0.29, 0.717) is 18.0 Å². The summed E-state index contributed by atoms with van der Waals surface area (Å²) in [6.45, 7) is 8.30. The van der Waals surface area contributed by atoms with Crippen LogP contribution < -0.4 is 15.4 Å². The zero-order valence-corrected chi connectivity index (χ0v) is 16.5. The molecule has 0 saturated carbocycles. The van der Waals surface area contributed by atoms with Crippen molar-refractivity contribution in [2.75, 3.05) is 0 Å². The minimum atomic E-state index is -0.471. The van der Waals surface area contributed by atoms with Gasteiger partial charge in [0.1, 0.15) is 5.75 Å². The van der Waals surface area contributed by atoms with Crippen molar-refractivity contribution in [3.05, 3.63) is 29.3 Å². The Kier molecular flexibility index (Phi) is 6.75. The molecule has 5 heteroatoms. The van der Waals surface area contributed by atoms with Gasteiger partial charge in [-0.15, -0.1) is 12.4 Å². The van der Waals surface area contributed by atoms with Gasteiger partial charge in [0.2, 0.25) is 0 Å². The Labute approximate surface area is 157 Å². The molecule has 0 spiro atoms. The summed E-state index contributed by atoms with van der Waals surface area (Å²) >= 11 is 0. The molecule has 2 N–H and O–H groups in total. The van der Waals surface area contributed by atoms with Crippen LogP contribution in [-0.2, 0) is 4.79 Å². The number of fused-ring (bicyclic) bond motifs is 2. The van der Waals surface area contributed by atoms with Gasteiger partial charge in [-0.1, -0.05) is 19.9 Å². The van der Waals surface area contributed by atoms with Gasteiger partial charge in [-0.3, -0.25) is 4.79 Å². The lowest BCUT2D eigenvalue weighted by Gasteiger charge is -2.30. The molecule has 2 aliphatic rings. The zero-order valence-electron chi connectivity index (χ0n) is 15.7. The maximum atomic E-state index is 12.5. The molecule has 2 bridgehead atoms. The van der Waals surface area contributed by atoms with Gasteiger partial charge in [0, 0.05) is 18.1 Å². The summed E-state index contributed by atoms with van der Waals surface area (Å²) in [7, 11) is 0. The topological polar surface area (TPSA) is 50.4 Å². The number of ether oxygens (including phenoxy) is 1. The lowest BCUT2D eigenvalue weighted by atomic mass is 9.98. The first-order valence-electron chi connectivity index (χ1n) is 9.26. The molecular formula is C20H31ClN2O2. The van der Waals surface area contributed by atoms with Gasteiger partial charge in [0.05, 0.1) is 0 Å². The molecule has 2 saturated heterocycles. The summed E-state index contributed by atoms with van der Waals surface area (Å²) in [6.07, 6.45) is 4.09. The summed E-state index contributed by atoms with van der Waals surface area (Å²) < 4.78 is 5.87. The molecule has 3 rings (SSSR count). The van der Waals surface area contributed by atoms with Crippen LogP contribution in [-0.4, -0.2) is 30.1 Å². The first-order valence-corrected chi connectivity index (χ1v) is 9.26. The Hall–Kier alpha value is -1.26. The molecule has 3 atom stereocenters. The van der Waals surface area contributed by atoms with E-state index in [1.165, 1.54) is 24.0 Å². The molecule has 25 heavy (non-hydrogen) atoms. The van der Waals surface area contributed by atoms with E-state index in [1.54, 1.807) is 0 Å². The Morgan fingerprint density at radius 1 is 1.20 bits per heavy atom. The first-order chi connectivity index (χ1) is 11.4. The van der Waals surface area contributed by atoms with E-state index in [1.807, 2.05) is 19.1 Å². The molecule has 3 unspecified atom stereocenters. The van der Waals surface area contributed by atoms with Crippen molar-refractivity contribution in [2.45, 2.75) is 83.5 Å². The lowest BCUT2D eigenvalue weighted by molar-refractivity contribution is -0.128. The van der Waals surface area contributed by atoms with Crippen molar-refractivity contribution < 1.29 is 9.53 Å². The standard InChI is InChI=1S/C20H30N2O2.ClH/c1-12(2)19-8-7-18(9-13(19)3)24-14(4)20(23)22-17-10-15-5-6-16(11-17)21-15;/h7-9,12,14-17,21H,5-6,10-11H2,1-4H3,(H,22,23);1H. The highest BCUT2D eigenvalue weighted by atomic mass is 35.5. The molecule has 0 aromatic heterocycles. The van der Waals surface area contributed by atoms with Gasteiger partial charge in [-0.2, -0.15) is 0 Å². The number of hydrogen-bond acceptors (Lipinski definition) is 3. The van der Waals surface area contributed by atoms with Crippen molar-refractivity contribution in [2.24, 2.45) is 0 Å². The number of carbonyl (C=O) groups is 1. The fourth-order valence-corrected chi connectivity index (χ4v) is 4.12. The van der Waals surface area contributed by atoms with E-state index >= 15 is 0 Å². The number of amides is 1. The number of nitrogens with one attached hydrogen (secondary N) is 2. The van der Waals surface area contributed by atoms with Crippen LogP contribution in [0.4, 0.5) is 0 Å². The molecule has 4 nitrogen and oxygen atoms in total. The van der Waals surface area contributed by atoms with Crippen LogP contribution in [0, 0.1) is 6.92 Å². The van der Waals surface area contributed by atoms with Gasteiger partial charge in [0.25, 0.3) is 5.91 Å². The van der Waals surface area contributed by atoms with Crippen molar-refractivity contribution >= 4 is 18.3 Å². The molecule has 1 amide bonds. The highest BCUT2D eigenvalue weighted by Gasteiger charge is 2.34. The van der Waals surface area contributed by atoms with E-state index in [2.05, 4.69) is 37.5 Å². The molecule has 0 aliphatic carbocycles. The molecule has 0 radical (unpaired) electrons. The average Bonchev–Trinajstić information content (AvgIpc) is 2.85. The summed E-state index contributed by atoms with van der Waals surface area (Å²) in [6, 6.07) is 7.55. The number of benzene rings is 1. The normalized spacial score (nSPS) is 26.0. The van der Waals surface area contributed by atoms with Crippen LogP contribution in [0.1, 0.15) is 63.5 Å². The molecule has 1 aromatic carbocycles. The molecular weight excluding hydrogens is 336 g/mol. The largest absolute Gasteiger partial charge is 0.481 e. The Morgan fingerprint density at radius 3 is 2.40 bits per heavy atom. The monoisotopic (exact) mass is 366 g/mol. The summed E-state index contributed by atoms with van der Waals surface area (Å²) in [4.78, 5) is 12.5. The summed E-state index contributed by atoms with van der Waals surface area (Å²) in [5.74, 6) is 1.26. The van der Waals surface area contributed by atoms with Gasteiger partial charge in [-0.05, 0) is 68.7 Å². The molecule has 2 aliphatic heterocycles. The minimum Gasteiger partial charge on any atom is -0.481 e. The zero-order chi connectivity index (χ0) is 17.3. The second-order valence-electron chi connectivity index (χ2n) is 7.75.